The van der Waals surface area contributed by atoms with Gasteiger partial charge in [0.25, 0.3) is 0 Å². The van der Waals surface area contributed by atoms with Crippen LogP contribution in [0.2, 0.25) is 0 Å². The lowest BCUT2D eigenvalue weighted by Crippen LogP contribution is -2.10. The van der Waals surface area contributed by atoms with E-state index in [1.54, 1.807) is 30.3 Å². The van der Waals surface area contributed by atoms with Gasteiger partial charge >= 0.3 is 6.09 Å². The molecule has 1 atom stereocenters. The molecule has 1 amide bonds. The van der Waals surface area contributed by atoms with Crippen LogP contribution in [0.4, 0.5) is 14.9 Å². The maximum atomic E-state index is 14.3. The maximum absolute atomic E-state index is 14.3. The lowest BCUT2D eigenvalue weighted by Gasteiger charge is -2.13. The topological polar surface area (TPSA) is 62.2 Å². The van der Waals surface area contributed by atoms with Gasteiger partial charge in [0.1, 0.15) is 0 Å². The Morgan fingerprint density at radius 1 is 1.28 bits per heavy atom. The first kappa shape index (κ1) is 12.0. The Labute approximate surface area is 103 Å². The number of amides is 1. The fourth-order valence-electron chi connectivity index (χ4n) is 1.65. The molecule has 0 radical (unpaired) electrons. The predicted molar refractivity (Wildman–Crippen MR) is 65.3 cm³/mol. The summed E-state index contributed by atoms with van der Waals surface area (Å²) in [6.07, 6.45) is 0.0807. The Hall–Kier alpha value is -2.43. The minimum Gasteiger partial charge on any atom is -0.465 e. The minimum absolute atomic E-state index is 0.154. The zero-order valence-electron chi connectivity index (χ0n) is 9.38. The molecule has 0 saturated carbocycles. The molecule has 92 valence electrons. The van der Waals surface area contributed by atoms with Crippen molar-refractivity contribution in [1.29, 1.82) is 0 Å². The summed E-state index contributed by atoms with van der Waals surface area (Å²) in [7, 11) is 0. The van der Waals surface area contributed by atoms with E-state index in [4.69, 9.17) is 5.11 Å². The number of hydrogen-bond donors (Lipinski definition) is 2. The molecule has 2 rings (SSSR count). The zero-order valence-corrected chi connectivity index (χ0v) is 9.38. The molecule has 5 heteroatoms. The molecule has 4 nitrogen and oxygen atoms in total. The lowest BCUT2D eigenvalue weighted by atomic mass is 10.0. The van der Waals surface area contributed by atoms with Crippen molar-refractivity contribution in [2.45, 2.75) is 6.17 Å². The number of aromatic nitrogens is 1. The van der Waals surface area contributed by atoms with Crippen molar-refractivity contribution in [3.05, 3.63) is 59.9 Å². The van der Waals surface area contributed by atoms with Gasteiger partial charge in [0.05, 0.1) is 11.9 Å². The first-order chi connectivity index (χ1) is 8.68. The van der Waals surface area contributed by atoms with Crippen LogP contribution in [0.5, 0.6) is 0 Å². The molecule has 0 bridgehead atoms. The lowest BCUT2D eigenvalue weighted by molar-refractivity contribution is 0.209. The van der Waals surface area contributed by atoms with Crippen molar-refractivity contribution in [1.82, 2.24) is 4.98 Å². The Kier molecular flexibility index (Phi) is 3.52. The van der Waals surface area contributed by atoms with Crippen LogP contribution in [0.25, 0.3) is 0 Å². The van der Waals surface area contributed by atoms with E-state index in [0.29, 0.717) is 5.56 Å². The van der Waals surface area contributed by atoms with Gasteiger partial charge in [-0.2, -0.15) is 0 Å². The van der Waals surface area contributed by atoms with Crippen LogP contribution in [-0.4, -0.2) is 16.2 Å². The number of hydrogen-bond acceptors (Lipinski definition) is 2. The molecule has 1 aromatic carbocycles. The molecule has 0 saturated heterocycles. The summed E-state index contributed by atoms with van der Waals surface area (Å²) in [6, 6.07) is 10.0. The quantitative estimate of drug-likeness (QED) is 0.873. The van der Waals surface area contributed by atoms with Gasteiger partial charge in [0.2, 0.25) is 0 Å². The summed E-state index contributed by atoms with van der Waals surface area (Å²) in [5, 5.41) is 10.8. The third-order valence-corrected chi connectivity index (χ3v) is 2.46. The van der Waals surface area contributed by atoms with Crippen LogP contribution in [0.1, 0.15) is 17.3 Å². The number of carboxylic acid groups (broad SMARTS) is 1. The fourth-order valence-corrected chi connectivity index (χ4v) is 1.65. The monoisotopic (exact) mass is 246 g/mol. The third kappa shape index (κ3) is 2.63. The van der Waals surface area contributed by atoms with E-state index in [1.807, 2.05) is 0 Å². The number of benzene rings is 1. The molecule has 1 heterocycles. The third-order valence-electron chi connectivity index (χ3n) is 2.46. The average molecular weight is 246 g/mol. The number of nitrogens with zero attached hydrogens (tertiary/aromatic N) is 1. The number of nitrogens with one attached hydrogen (secondary N) is 1. The Balaban J connectivity index is 2.36. The molecule has 2 aromatic rings. The second kappa shape index (κ2) is 5.27. The molecule has 0 aliphatic carbocycles. The van der Waals surface area contributed by atoms with E-state index in [0.717, 1.165) is 0 Å². The molecule has 0 spiro atoms. The van der Waals surface area contributed by atoms with Crippen molar-refractivity contribution in [2.75, 3.05) is 5.32 Å². The highest BCUT2D eigenvalue weighted by atomic mass is 19.1. The molecule has 0 aliphatic rings. The summed E-state index contributed by atoms with van der Waals surface area (Å²) in [4.78, 5) is 14.4. The molecule has 0 fully saturated rings. The molecule has 1 aromatic heterocycles. The molecule has 0 aliphatic heterocycles. The molecule has 2 N–H and O–H groups in total. The highest BCUT2D eigenvalue weighted by molar-refractivity contribution is 5.83. The molecule has 1 unspecified atom stereocenters. The van der Waals surface area contributed by atoms with Gasteiger partial charge in [-0.15, -0.1) is 0 Å². The number of halogens is 1. The number of anilines is 1. The second-order valence-electron chi connectivity index (χ2n) is 3.67. The van der Waals surface area contributed by atoms with Crippen LogP contribution in [0.3, 0.4) is 0 Å². The Morgan fingerprint density at radius 3 is 2.67 bits per heavy atom. The van der Waals surface area contributed by atoms with Crippen molar-refractivity contribution >= 4 is 11.8 Å². The zero-order chi connectivity index (χ0) is 13.0. The van der Waals surface area contributed by atoms with Crippen LogP contribution in [0.15, 0.2) is 48.8 Å². The average Bonchev–Trinajstić information content (AvgIpc) is 2.39. The van der Waals surface area contributed by atoms with Gasteiger partial charge < -0.3 is 5.11 Å². The minimum atomic E-state index is -1.39. The Morgan fingerprint density at radius 2 is 2.00 bits per heavy atom. The van der Waals surface area contributed by atoms with Gasteiger partial charge in [-0.05, 0) is 11.6 Å². The van der Waals surface area contributed by atoms with Gasteiger partial charge in [-0.1, -0.05) is 30.3 Å². The SMILES string of the molecule is O=C(O)Nc1cnccc1C(F)c1ccccc1. The van der Waals surface area contributed by atoms with Crippen LogP contribution in [0, 0.1) is 0 Å². The van der Waals surface area contributed by atoms with Gasteiger partial charge in [-0.3, -0.25) is 10.3 Å². The highest BCUT2D eigenvalue weighted by Crippen LogP contribution is 2.30. The maximum Gasteiger partial charge on any atom is 0.409 e. The Bertz CT molecular complexity index is 546. The van der Waals surface area contributed by atoms with Gasteiger partial charge in [-0.25, -0.2) is 9.18 Å². The van der Waals surface area contributed by atoms with Crippen molar-refractivity contribution in [2.24, 2.45) is 0 Å². The smallest absolute Gasteiger partial charge is 0.409 e. The first-order valence-corrected chi connectivity index (χ1v) is 5.31. The summed E-state index contributed by atoms with van der Waals surface area (Å²) < 4.78 is 14.3. The van der Waals surface area contributed by atoms with E-state index in [-0.39, 0.29) is 11.3 Å². The number of carbonyl (C=O) groups is 1. The standard InChI is InChI=1S/C13H11FN2O2/c14-12(9-4-2-1-3-5-9)10-6-7-15-8-11(10)16-13(17)18/h1-8,12,16H,(H,17,18). The largest absolute Gasteiger partial charge is 0.465 e. The summed E-state index contributed by atoms with van der Waals surface area (Å²) in [5.74, 6) is 0. The van der Waals surface area contributed by atoms with Crippen molar-refractivity contribution in [3.63, 3.8) is 0 Å². The van der Waals surface area contributed by atoms with Gasteiger partial charge in [0.15, 0.2) is 6.17 Å². The summed E-state index contributed by atoms with van der Waals surface area (Å²) in [5.41, 5.74) is 0.872. The normalized spacial score (nSPS) is 11.8. The van der Waals surface area contributed by atoms with Gasteiger partial charge in [0, 0.05) is 11.8 Å². The van der Waals surface area contributed by atoms with E-state index >= 15 is 0 Å². The van der Waals surface area contributed by atoms with E-state index < -0.39 is 12.3 Å². The molecular formula is C13H11FN2O2. The van der Waals surface area contributed by atoms with Crippen LogP contribution in [-0.2, 0) is 0 Å². The predicted octanol–water partition coefficient (Wildman–Crippen LogP) is 3.23. The first-order valence-electron chi connectivity index (χ1n) is 5.31. The summed E-state index contributed by atoms with van der Waals surface area (Å²) in [6.45, 7) is 0. The highest BCUT2D eigenvalue weighted by Gasteiger charge is 2.17. The summed E-state index contributed by atoms with van der Waals surface area (Å²) >= 11 is 0. The molecule has 18 heavy (non-hydrogen) atoms. The molecular weight excluding hydrogens is 235 g/mol. The number of alkyl halides is 1. The van der Waals surface area contributed by atoms with Crippen LogP contribution >= 0.6 is 0 Å². The second-order valence-corrected chi connectivity index (χ2v) is 3.67. The number of pyridine rings is 1. The number of rotatable bonds is 3. The van der Waals surface area contributed by atoms with E-state index in [2.05, 4.69) is 10.3 Å². The van der Waals surface area contributed by atoms with Crippen LogP contribution < -0.4 is 5.32 Å². The van der Waals surface area contributed by atoms with E-state index in [9.17, 15) is 9.18 Å². The van der Waals surface area contributed by atoms with Crippen molar-refractivity contribution in [3.8, 4) is 0 Å². The fraction of sp³-hybridized carbons (Fsp3) is 0.0769. The van der Waals surface area contributed by atoms with E-state index in [1.165, 1.54) is 18.5 Å². The van der Waals surface area contributed by atoms with Crippen molar-refractivity contribution < 1.29 is 14.3 Å².